The molecule has 0 aliphatic carbocycles. The third-order valence-electron chi connectivity index (χ3n) is 4.33. The number of rotatable bonds is 10. The van der Waals surface area contributed by atoms with Crippen LogP contribution in [0, 0.1) is 0 Å². The number of esters is 1. The molecule has 2 aromatic rings. The number of amides is 1. The van der Waals surface area contributed by atoms with E-state index in [1.165, 1.54) is 13.2 Å². The highest BCUT2D eigenvalue weighted by molar-refractivity contribution is 5.91. The number of hydrogen-bond acceptors (Lipinski definition) is 5. The summed E-state index contributed by atoms with van der Waals surface area (Å²) in [5.74, 6) is -0.536. The highest BCUT2D eigenvalue weighted by Crippen LogP contribution is 2.29. The molecule has 0 unspecified atom stereocenters. The Morgan fingerprint density at radius 2 is 1.73 bits per heavy atom. The predicted octanol–water partition coefficient (Wildman–Crippen LogP) is 3.94. The first-order valence-corrected chi connectivity index (χ1v) is 9.45. The van der Waals surface area contributed by atoms with E-state index in [0.717, 1.165) is 11.1 Å². The lowest BCUT2D eigenvalue weighted by Crippen LogP contribution is -2.30. The summed E-state index contributed by atoms with van der Waals surface area (Å²) in [6.07, 6.45) is 0.432. The first-order chi connectivity index (χ1) is 14.3. The quantitative estimate of drug-likeness (QED) is 0.589. The summed E-state index contributed by atoms with van der Waals surface area (Å²) < 4.78 is 39.1. The summed E-state index contributed by atoms with van der Waals surface area (Å²) in [6, 6.07) is 11.6. The van der Waals surface area contributed by atoms with Gasteiger partial charge in [-0.2, -0.15) is 8.78 Å². The van der Waals surface area contributed by atoms with Crippen molar-refractivity contribution < 1.29 is 32.6 Å². The second-order valence-electron chi connectivity index (χ2n) is 6.82. The van der Waals surface area contributed by atoms with Crippen LogP contribution in [0.1, 0.15) is 41.3 Å². The predicted molar refractivity (Wildman–Crippen MR) is 107 cm³/mol. The van der Waals surface area contributed by atoms with Crippen molar-refractivity contribution in [2.24, 2.45) is 0 Å². The maximum absolute atomic E-state index is 12.4. The van der Waals surface area contributed by atoms with Gasteiger partial charge in [-0.3, -0.25) is 4.79 Å². The molecule has 2 aromatic carbocycles. The van der Waals surface area contributed by atoms with E-state index >= 15 is 0 Å². The number of halogens is 2. The van der Waals surface area contributed by atoms with Crippen LogP contribution < -0.4 is 14.8 Å². The lowest BCUT2D eigenvalue weighted by Gasteiger charge is -2.12. The van der Waals surface area contributed by atoms with Gasteiger partial charge in [-0.15, -0.1) is 0 Å². The highest BCUT2D eigenvalue weighted by Gasteiger charge is 2.12. The normalized spacial score (nSPS) is 10.8. The van der Waals surface area contributed by atoms with E-state index in [4.69, 9.17) is 9.47 Å². The van der Waals surface area contributed by atoms with Crippen LogP contribution in [-0.4, -0.2) is 38.7 Å². The Labute approximate surface area is 174 Å². The molecule has 0 aliphatic heterocycles. The largest absolute Gasteiger partial charge is 0.493 e. The molecule has 0 aliphatic rings. The lowest BCUT2D eigenvalue weighted by molar-refractivity contribution is -0.124. The van der Waals surface area contributed by atoms with E-state index in [2.05, 4.69) is 23.9 Å². The van der Waals surface area contributed by atoms with Crippen LogP contribution in [0.3, 0.4) is 0 Å². The molecule has 0 spiro atoms. The van der Waals surface area contributed by atoms with Crippen LogP contribution in [0.15, 0.2) is 42.5 Å². The molecule has 2 rings (SSSR count). The standard InChI is InChI=1S/C22H25F2NO5/c1-14(2)16-5-7-17(8-6-16)21(27)29-13-20(26)25-11-10-15-4-9-18(30-22(23)24)19(12-15)28-3/h4-9,12,14,22H,10-11,13H2,1-3H3,(H,25,26). The molecule has 8 heteroatoms. The molecule has 0 atom stereocenters. The molecule has 30 heavy (non-hydrogen) atoms. The summed E-state index contributed by atoms with van der Waals surface area (Å²) >= 11 is 0. The van der Waals surface area contributed by atoms with Crippen LogP contribution in [0.2, 0.25) is 0 Å². The van der Waals surface area contributed by atoms with E-state index in [0.29, 0.717) is 17.9 Å². The van der Waals surface area contributed by atoms with Gasteiger partial charge in [0.15, 0.2) is 18.1 Å². The summed E-state index contributed by atoms with van der Waals surface area (Å²) in [4.78, 5) is 23.9. The molecule has 1 amide bonds. The minimum absolute atomic E-state index is 0.0615. The molecule has 0 bridgehead atoms. The van der Waals surface area contributed by atoms with Gasteiger partial charge in [0.1, 0.15) is 0 Å². The molecule has 0 heterocycles. The third-order valence-corrected chi connectivity index (χ3v) is 4.33. The van der Waals surface area contributed by atoms with Crippen LogP contribution in [-0.2, 0) is 16.0 Å². The molecule has 0 aromatic heterocycles. The van der Waals surface area contributed by atoms with Gasteiger partial charge < -0.3 is 19.5 Å². The van der Waals surface area contributed by atoms with Crippen molar-refractivity contribution >= 4 is 11.9 Å². The van der Waals surface area contributed by atoms with Gasteiger partial charge in [0.2, 0.25) is 0 Å². The average Bonchev–Trinajstić information content (AvgIpc) is 2.72. The first-order valence-electron chi connectivity index (χ1n) is 9.45. The monoisotopic (exact) mass is 421 g/mol. The summed E-state index contributed by atoms with van der Waals surface area (Å²) in [5.41, 5.74) is 2.25. The lowest BCUT2D eigenvalue weighted by atomic mass is 10.0. The number of ether oxygens (including phenoxy) is 3. The number of hydrogen-bond donors (Lipinski definition) is 1. The summed E-state index contributed by atoms with van der Waals surface area (Å²) in [6.45, 7) is 1.05. The Morgan fingerprint density at radius 3 is 2.33 bits per heavy atom. The minimum Gasteiger partial charge on any atom is -0.493 e. The van der Waals surface area contributed by atoms with Gasteiger partial charge in [-0.1, -0.05) is 32.0 Å². The first kappa shape index (κ1) is 23.1. The van der Waals surface area contributed by atoms with Crippen molar-refractivity contribution in [1.29, 1.82) is 0 Å². The van der Waals surface area contributed by atoms with Crippen molar-refractivity contribution in [2.45, 2.75) is 32.8 Å². The molecule has 0 radical (unpaired) electrons. The van der Waals surface area contributed by atoms with Gasteiger partial charge in [0.05, 0.1) is 12.7 Å². The molecular weight excluding hydrogens is 396 g/mol. The topological polar surface area (TPSA) is 73.9 Å². The molecule has 6 nitrogen and oxygen atoms in total. The zero-order valence-corrected chi connectivity index (χ0v) is 17.1. The van der Waals surface area contributed by atoms with Gasteiger partial charge in [-0.25, -0.2) is 4.79 Å². The molecular formula is C22H25F2NO5. The van der Waals surface area contributed by atoms with Gasteiger partial charge in [0, 0.05) is 6.54 Å². The van der Waals surface area contributed by atoms with Crippen LogP contribution in [0.25, 0.3) is 0 Å². The average molecular weight is 421 g/mol. The van der Waals surface area contributed by atoms with E-state index in [1.54, 1.807) is 24.3 Å². The number of benzene rings is 2. The van der Waals surface area contributed by atoms with Crippen LogP contribution in [0.4, 0.5) is 8.78 Å². The van der Waals surface area contributed by atoms with Crippen molar-refractivity contribution in [3.63, 3.8) is 0 Å². The maximum atomic E-state index is 12.4. The van der Waals surface area contributed by atoms with Gasteiger partial charge in [-0.05, 0) is 47.7 Å². The Bertz CT molecular complexity index is 853. The second-order valence-corrected chi connectivity index (χ2v) is 6.82. The SMILES string of the molecule is COc1cc(CCNC(=O)COC(=O)c2ccc(C(C)C)cc2)ccc1OC(F)F. The molecule has 0 saturated heterocycles. The van der Waals surface area contributed by atoms with Crippen molar-refractivity contribution in [3.05, 3.63) is 59.2 Å². The minimum atomic E-state index is -2.94. The third kappa shape index (κ3) is 7.02. The Morgan fingerprint density at radius 1 is 1.03 bits per heavy atom. The van der Waals surface area contributed by atoms with E-state index < -0.39 is 25.1 Å². The van der Waals surface area contributed by atoms with E-state index in [9.17, 15) is 18.4 Å². The van der Waals surface area contributed by atoms with Gasteiger partial charge >= 0.3 is 12.6 Å². The summed E-state index contributed by atoms with van der Waals surface area (Å²) in [5, 5.41) is 2.64. The van der Waals surface area contributed by atoms with Crippen molar-refractivity contribution in [3.8, 4) is 11.5 Å². The second kappa shape index (κ2) is 11.1. The molecule has 1 N–H and O–H groups in total. The fourth-order valence-electron chi connectivity index (χ4n) is 2.68. The smallest absolute Gasteiger partial charge is 0.387 e. The van der Waals surface area contributed by atoms with E-state index in [-0.39, 0.29) is 18.0 Å². The number of alkyl halides is 2. The Kier molecular flexibility index (Phi) is 8.58. The van der Waals surface area contributed by atoms with Crippen molar-refractivity contribution in [1.82, 2.24) is 5.32 Å². The van der Waals surface area contributed by atoms with Gasteiger partial charge in [0.25, 0.3) is 5.91 Å². The number of carbonyl (C=O) groups excluding carboxylic acids is 2. The zero-order valence-electron chi connectivity index (χ0n) is 17.1. The summed E-state index contributed by atoms with van der Waals surface area (Å²) in [7, 11) is 1.35. The van der Waals surface area contributed by atoms with Crippen LogP contribution in [0.5, 0.6) is 11.5 Å². The van der Waals surface area contributed by atoms with Crippen molar-refractivity contribution in [2.75, 3.05) is 20.3 Å². The molecule has 0 fully saturated rings. The highest BCUT2D eigenvalue weighted by atomic mass is 19.3. The maximum Gasteiger partial charge on any atom is 0.387 e. The fraction of sp³-hybridized carbons (Fsp3) is 0.364. The number of methoxy groups -OCH3 is 1. The molecule has 0 saturated carbocycles. The fourth-order valence-corrected chi connectivity index (χ4v) is 2.68. The van der Waals surface area contributed by atoms with Crippen LogP contribution >= 0.6 is 0 Å². The van der Waals surface area contributed by atoms with E-state index in [1.807, 2.05) is 12.1 Å². The Balaban J connectivity index is 1.77. The Hall–Kier alpha value is -3.16. The zero-order chi connectivity index (χ0) is 22.1. The number of carbonyl (C=O) groups is 2. The number of nitrogens with one attached hydrogen (secondary N) is 1. The molecule has 162 valence electrons.